The van der Waals surface area contributed by atoms with E-state index in [-0.39, 0.29) is 0 Å². The van der Waals surface area contributed by atoms with Crippen molar-refractivity contribution in [1.82, 2.24) is 24.2 Å². The molecular weight excluding hydrogens is 390 g/mol. The summed E-state index contributed by atoms with van der Waals surface area (Å²) in [5.74, 6) is 3.22. The molecule has 3 heterocycles. The second-order valence-corrected chi connectivity index (χ2v) is 9.11. The van der Waals surface area contributed by atoms with E-state index in [4.69, 9.17) is 0 Å². The van der Waals surface area contributed by atoms with Gasteiger partial charge in [0.05, 0.1) is 0 Å². The van der Waals surface area contributed by atoms with Gasteiger partial charge in [0.1, 0.15) is 12.7 Å². The van der Waals surface area contributed by atoms with Crippen LogP contribution in [0.25, 0.3) is 16.6 Å². The summed E-state index contributed by atoms with van der Waals surface area (Å²) in [6.45, 7) is 4.63. The molecule has 0 aliphatic carbocycles. The largest absolute Gasteiger partial charge is 0.346 e. The summed E-state index contributed by atoms with van der Waals surface area (Å²) in [5, 5.41) is 9.06. The molecule has 2 aromatic heterocycles. The van der Waals surface area contributed by atoms with Crippen LogP contribution in [0, 0.1) is 5.92 Å². The van der Waals surface area contributed by atoms with Crippen molar-refractivity contribution >= 4 is 22.7 Å². The van der Waals surface area contributed by atoms with E-state index < -0.39 is 0 Å². The maximum absolute atomic E-state index is 3.90. The fourth-order valence-electron chi connectivity index (χ4n) is 4.30. The standard InChI is InChI=1S/C24H27N5S/c1-2-4-20(5-3-1)16-30-17-21-8-10-27(15-21)12-13-28-11-9-22-14-23(6-7-24(22)28)29-18-25-26-19-29/h1-7,9,11,14,18-19,21H,8,10,12-13,15-17H2/t21-/m1/s1. The third-order valence-corrected chi connectivity index (χ3v) is 7.21. The maximum Gasteiger partial charge on any atom is 0.123 e. The van der Waals surface area contributed by atoms with Crippen molar-refractivity contribution in [2.24, 2.45) is 5.92 Å². The number of thioether (sulfide) groups is 1. The molecule has 2 aromatic carbocycles. The zero-order valence-corrected chi connectivity index (χ0v) is 17.9. The third kappa shape index (κ3) is 4.45. The number of hydrogen-bond donors (Lipinski definition) is 0. The quantitative estimate of drug-likeness (QED) is 0.424. The Labute approximate surface area is 181 Å². The van der Waals surface area contributed by atoms with Gasteiger partial charge >= 0.3 is 0 Å². The summed E-state index contributed by atoms with van der Waals surface area (Å²) in [6.07, 6.45) is 7.01. The van der Waals surface area contributed by atoms with Crippen molar-refractivity contribution in [3.63, 3.8) is 0 Å². The van der Waals surface area contributed by atoms with Crippen molar-refractivity contribution < 1.29 is 0 Å². The van der Waals surface area contributed by atoms with E-state index in [1.54, 1.807) is 12.7 Å². The van der Waals surface area contributed by atoms with Crippen molar-refractivity contribution in [3.8, 4) is 5.69 Å². The molecule has 1 aliphatic rings. The fourth-order valence-corrected chi connectivity index (χ4v) is 5.45. The molecule has 0 saturated carbocycles. The first kappa shape index (κ1) is 19.4. The summed E-state index contributed by atoms with van der Waals surface area (Å²) < 4.78 is 4.32. The zero-order chi connectivity index (χ0) is 20.2. The Morgan fingerprint density at radius 1 is 0.967 bits per heavy atom. The number of aromatic nitrogens is 4. The van der Waals surface area contributed by atoms with Gasteiger partial charge in [-0.2, -0.15) is 11.8 Å². The lowest BCUT2D eigenvalue weighted by Crippen LogP contribution is -2.25. The minimum absolute atomic E-state index is 0.825. The first-order chi connectivity index (χ1) is 14.8. The predicted octanol–water partition coefficient (Wildman–Crippen LogP) is 4.48. The highest BCUT2D eigenvalue weighted by atomic mass is 32.2. The van der Waals surface area contributed by atoms with Gasteiger partial charge in [0.15, 0.2) is 0 Å². The van der Waals surface area contributed by atoms with Gasteiger partial charge in [-0.25, -0.2) is 0 Å². The van der Waals surface area contributed by atoms with Crippen molar-refractivity contribution in [2.45, 2.75) is 18.7 Å². The van der Waals surface area contributed by atoms with Gasteiger partial charge in [-0.1, -0.05) is 30.3 Å². The second kappa shape index (κ2) is 9.06. The maximum atomic E-state index is 3.90. The first-order valence-corrected chi connectivity index (χ1v) is 11.8. The smallest absolute Gasteiger partial charge is 0.123 e. The van der Waals surface area contributed by atoms with Crippen LogP contribution in [0.3, 0.4) is 0 Å². The number of rotatable bonds is 8. The summed E-state index contributed by atoms with van der Waals surface area (Å²) >= 11 is 2.08. The van der Waals surface area contributed by atoms with E-state index in [0.29, 0.717) is 0 Å². The van der Waals surface area contributed by atoms with Crippen LogP contribution in [-0.2, 0) is 12.3 Å². The van der Waals surface area contributed by atoms with Gasteiger partial charge in [-0.15, -0.1) is 10.2 Å². The lowest BCUT2D eigenvalue weighted by molar-refractivity contribution is 0.315. The molecule has 0 spiro atoms. The number of likely N-dealkylation sites (tertiary alicyclic amines) is 1. The molecule has 1 atom stereocenters. The van der Waals surface area contributed by atoms with E-state index in [2.05, 4.69) is 92.2 Å². The van der Waals surface area contributed by atoms with E-state index in [9.17, 15) is 0 Å². The average molecular weight is 418 g/mol. The predicted molar refractivity (Wildman–Crippen MR) is 124 cm³/mol. The highest BCUT2D eigenvalue weighted by Gasteiger charge is 2.22. The highest BCUT2D eigenvalue weighted by Crippen LogP contribution is 2.24. The Kier molecular flexibility index (Phi) is 5.86. The van der Waals surface area contributed by atoms with Crippen molar-refractivity contribution in [2.75, 3.05) is 25.4 Å². The minimum Gasteiger partial charge on any atom is -0.346 e. The molecule has 4 aromatic rings. The number of fused-ring (bicyclic) bond motifs is 1. The van der Waals surface area contributed by atoms with Crippen molar-refractivity contribution in [1.29, 1.82) is 0 Å². The van der Waals surface area contributed by atoms with Crippen LogP contribution >= 0.6 is 11.8 Å². The van der Waals surface area contributed by atoms with Crippen LogP contribution < -0.4 is 0 Å². The Morgan fingerprint density at radius 2 is 1.83 bits per heavy atom. The molecule has 0 radical (unpaired) electrons. The molecule has 6 heteroatoms. The number of benzene rings is 2. The van der Waals surface area contributed by atoms with Gasteiger partial charge < -0.3 is 9.47 Å². The van der Waals surface area contributed by atoms with Crippen LogP contribution in [0.2, 0.25) is 0 Å². The average Bonchev–Trinajstić information content (AvgIpc) is 3.54. The van der Waals surface area contributed by atoms with Crippen LogP contribution in [0.15, 0.2) is 73.4 Å². The molecule has 154 valence electrons. The molecule has 1 saturated heterocycles. The normalized spacial score (nSPS) is 17.1. The molecule has 0 amide bonds. The zero-order valence-electron chi connectivity index (χ0n) is 17.1. The van der Waals surface area contributed by atoms with Gasteiger partial charge in [0.2, 0.25) is 0 Å². The SMILES string of the molecule is c1ccc(CSC[C@@H]2CCN(CCn3ccc4cc(-n5cnnc5)ccc43)C2)cc1. The Bertz CT molecular complexity index is 1070. The van der Waals surface area contributed by atoms with Gasteiger partial charge in [0.25, 0.3) is 0 Å². The summed E-state index contributed by atoms with van der Waals surface area (Å²) in [4.78, 5) is 2.63. The number of nitrogens with zero attached hydrogens (tertiary/aromatic N) is 5. The molecule has 0 N–H and O–H groups in total. The summed E-state index contributed by atoms with van der Waals surface area (Å²) in [6, 6.07) is 19.6. The topological polar surface area (TPSA) is 38.9 Å². The van der Waals surface area contributed by atoms with Gasteiger partial charge in [0, 0.05) is 48.2 Å². The molecule has 1 fully saturated rings. The Hall–Kier alpha value is -2.57. The molecule has 1 aliphatic heterocycles. The second-order valence-electron chi connectivity index (χ2n) is 8.08. The van der Waals surface area contributed by atoms with E-state index in [1.165, 1.54) is 41.7 Å². The van der Waals surface area contributed by atoms with E-state index >= 15 is 0 Å². The molecule has 0 unspecified atom stereocenters. The lowest BCUT2D eigenvalue weighted by atomic mass is 10.2. The van der Waals surface area contributed by atoms with Gasteiger partial charge in [-0.05, 0) is 54.5 Å². The minimum atomic E-state index is 0.825. The number of hydrogen-bond acceptors (Lipinski definition) is 4. The lowest BCUT2D eigenvalue weighted by Gasteiger charge is -2.17. The third-order valence-electron chi connectivity index (χ3n) is 5.96. The van der Waals surface area contributed by atoms with Crippen molar-refractivity contribution in [3.05, 3.63) is 79.0 Å². The summed E-state index contributed by atoms with van der Waals surface area (Å²) in [5.41, 5.74) is 3.82. The monoisotopic (exact) mass is 417 g/mol. The fraction of sp³-hybridized carbons (Fsp3) is 0.333. The molecule has 30 heavy (non-hydrogen) atoms. The molecule has 5 rings (SSSR count). The molecule has 5 nitrogen and oxygen atoms in total. The van der Waals surface area contributed by atoms with Crippen LogP contribution in [0.4, 0.5) is 0 Å². The molecule has 0 bridgehead atoms. The molecular formula is C24H27N5S. The summed E-state index contributed by atoms with van der Waals surface area (Å²) in [7, 11) is 0. The van der Waals surface area contributed by atoms with Gasteiger partial charge in [-0.3, -0.25) is 4.57 Å². The Morgan fingerprint density at radius 3 is 2.70 bits per heavy atom. The van der Waals surface area contributed by atoms with Crippen LogP contribution in [0.1, 0.15) is 12.0 Å². The van der Waals surface area contributed by atoms with Crippen LogP contribution in [0.5, 0.6) is 0 Å². The Balaban J connectivity index is 1.12. The highest BCUT2D eigenvalue weighted by molar-refractivity contribution is 7.98. The van der Waals surface area contributed by atoms with Crippen LogP contribution in [-0.4, -0.2) is 49.6 Å². The van der Waals surface area contributed by atoms with E-state index in [1.807, 2.05) is 4.57 Å². The van der Waals surface area contributed by atoms with E-state index in [0.717, 1.165) is 30.4 Å². The first-order valence-electron chi connectivity index (χ1n) is 10.6.